The summed E-state index contributed by atoms with van der Waals surface area (Å²) in [6.07, 6.45) is 0. The zero-order chi connectivity index (χ0) is 13.0. The maximum Gasteiger partial charge on any atom is 0.121 e. The largest absolute Gasteiger partial charge is 0.489 e. The Bertz CT molecular complexity index is 543. The van der Waals surface area contributed by atoms with E-state index in [2.05, 4.69) is 0 Å². The van der Waals surface area contributed by atoms with E-state index in [0.29, 0.717) is 23.2 Å². The maximum atomic E-state index is 6.06. The average molecular weight is 282 g/mol. The molecule has 0 fully saturated rings. The minimum absolute atomic E-state index is 0.424. The lowest BCUT2D eigenvalue weighted by molar-refractivity contribution is 0.306. The molecular weight excluding hydrogens is 269 g/mol. The van der Waals surface area contributed by atoms with Gasteiger partial charge in [0.25, 0.3) is 0 Å². The van der Waals surface area contributed by atoms with E-state index in [1.807, 2.05) is 36.4 Å². The number of hydrogen-bond acceptors (Lipinski definition) is 2. The van der Waals surface area contributed by atoms with Crippen LogP contribution in [0.4, 0.5) is 0 Å². The molecule has 0 bridgehead atoms. The molecule has 0 aromatic heterocycles. The lowest BCUT2D eigenvalue weighted by Crippen LogP contribution is -1.99. The molecule has 0 heterocycles. The Morgan fingerprint density at radius 1 is 1.06 bits per heavy atom. The topological polar surface area (TPSA) is 35.2 Å². The van der Waals surface area contributed by atoms with E-state index < -0.39 is 0 Å². The molecule has 0 amide bonds. The molecule has 0 aliphatic heterocycles. The first-order chi connectivity index (χ1) is 8.69. The Morgan fingerprint density at radius 2 is 1.89 bits per heavy atom. The standard InChI is InChI=1S/C14H13Cl2NO/c15-12-3-1-2-10(6-12)9-18-13-5-4-11(8-17)14(16)7-13/h1-7H,8-9,17H2. The second-order valence-corrected chi connectivity index (χ2v) is 4.72. The zero-order valence-electron chi connectivity index (χ0n) is 9.70. The van der Waals surface area contributed by atoms with Crippen molar-refractivity contribution in [3.8, 4) is 5.75 Å². The van der Waals surface area contributed by atoms with Crippen molar-refractivity contribution in [1.82, 2.24) is 0 Å². The Hall–Kier alpha value is -1.22. The SMILES string of the molecule is NCc1ccc(OCc2cccc(Cl)c2)cc1Cl. The minimum Gasteiger partial charge on any atom is -0.489 e. The number of nitrogens with two attached hydrogens (primary N) is 1. The third-order valence-electron chi connectivity index (χ3n) is 2.54. The number of hydrogen-bond donors (Lipinski definition) is 1. The van der Waals surface area contributed by atoms with Crippen LogP contribution >= 0.6 is 23.2 Å². The van der Waals surface area contributed by atoms with Crippen LogP contribution in [-0.4, -0.2) is 0 Å². The molecular formula is C14H13Cl2NO. The van der Waals surface area contributed by atoms with Crippen molar-refractivity contribution in [3.63, 3.8) is 0 Å². The molecule has 2 rings (SSSR count). The summed E-state index contributed by atoms with van der Waals surface area (Å²) < 4.78 is 5.64. The normalized spacial score (nSPS) is 10.4. The van der Waals surface area contributed by atoms with E-state index in [1.54, 1.807) is 6.07 Å². The first-order valence-corrected chi connectivity index (χ1v) is 6.30. The molecule has 2 aromatic carbocycles. The molecule has 4 heteroatoms. The summed E-state index contributed by atoms with van der Waals surface area (Å²) >= 11 is 12.0. The fourth-order valence-corrected chi connectivity index (χ4v) is 2.04. The minimum atomic E-state index is 0.424. The Labute approximate surface area is 116 Å². The van der Waals surface area contributed by atoms with Crippen LogP contribution in [0.1, 0.15) is 11.1 Å². The van der Waals surface area contributed by atoms with Crippen molar-refractivity contribution < 1.29 is 4.74 Å². The van der Waals surface area contributed by atoms with Crippen molar-refractivity contribution >= 4 is 23.2 Å². The van der Waals surface area contributed by atoms with Gasteiger partial charge in [0.05, 0.1) is 0 Å². The molecule has 94 valence electrons. The van der Waals surface area contributed by atoms with E-state index in [0.717, 1.165) is 16.9 Å². The molecule has 2 N–H and O–H groups in total. The zero-order valence-corrected chi connectivity index (χ0v) is 11.2. The van der Waals surface area contributed by atoms with Crippen molar-refractivity contribution in [2.24, 2.45) is 5.73 Å². The lowest BCUT2D eigenvalue weighted by Gasteiger charge is -2.08. The van der Waals surface area contributed by atoms with Crippen molar-refractivity contribution in [3.05, 3.63) is 63.6 Å². The molecule has 0 atom stereocenters. The fraction of sp³-hybridized carbons (Fsp3) is 0.143. The second-order valence-electron chi connectivity index (χ2n) is 3.88. The monoisotopic (exact) mass is 281 g/mol. The smallest absolute Gasteiger partial charge is 0.121 e. The Kier molecular flexibility index (Phi) is 4.48. The first-order valence-electron chi connectivity index (χ1n) is 5.55. The molecule has 0 aliphatic carbocycles. The van der Waals surface area contributed by atoms with E-state index in [9.17, 15) is 0 Å². The first kappa shape index (κ1) is 13.2. The van der Waals surface area contributed by atoms with Crippen molar-refractivity contribution in [2.45, 2.75) is 13.2 Å². The van der Waals surface area contributed by atoms with Crippen LogP contribution in [0.5, 0.6) is 5.75 Å². The van der Waals surface area contributed by atoms with Crippen LogP contribution < -0.4 is 10.5 Å². The second kappa shape index (κ2) is 6.10. The van der Waals surface area contributed by atoms with Crippen LogP contribution in [0.2, 0.25) is 10.0 Å². The summed E-state index contributed by atoms with van der Waals surface area (Å²) in [5.74, 6) is 0.720. The number of ether oxygens (including phenoxy) is 1. The summed E-state index contributed by atoms with van der Waals surface area (Å²) in [7, 11) is 0. The van der Waals surface area contributed by atoms with Gasteiger partial charge in [0.1, 0.15) is 12.4 Å². The molecule has 0 saturated carbocycles. The molecule has 18 heavy (non-hydrogen) atoms. The number of rotatable bonds is 4. The summed E-state index contributed by atoms with van der Waals surface area (Å²) in [6.45, 7) is 0.881. The predicted octanol–water partition coefficient (Wildman–Crippen LogP) is 4.03. The van der Waals surface area contributed by atoms with E-state index in [4.69, 9.17) is 33.7 Å². The highest BCUT2D eigenvalue weighted by Crippen LogP contribution is 2.23. The van der Waals surface area contributed by atoms with Gasteiger partial charge in [-0.15, -0.1) is 0 Å². The van der Waals surface area contributed by atoms with Crippen LogP contribution in [-0.2, 0) is 13.2 Å². The van der Waals surface area contributed by atoms with Gasteiger partial charge < -0.3 is 10.5 Å². The third kappa shape index (κ3) is 3.39. The van der Waals surface area contributed by atoms with Gasteiger partial charge in [-0.05, 0) is 35.4 Å². The lowest BCUT2D eigenvalue weighted by atomic mass is 10.2. The van der Waals surface area contributed by atoms with Gasteiger partial charge in [-0.1, -0.05) is 41.4 Å². The Morgan fingerprint density at radius 3 is 2.56 bits per heavy atom. The van der Waals surface area contributed by atoms with Crippen molar-refractivity contribution in [1.29, 1.82) is 0 Å². The summed E-state index contributed by atoms with van der Waals surface area (Å²) in [4.78, 5) is 0. The van der Waals surface area contributed by atoms with Gasteiger partial charge >= 0.3 is 0 Å². The molecule has 0 aliphatic rings. The van der Waals surface area contributed by atoms with Gasteiger partial charge in [-0.3, -0.25) is 0 Å². The van der Waals surface area contributed by atoms with Gasteiger partial charge in [0.15, 0.2) is 0 Å². The van der Waals surface area contributed by atoms with E-state index in [-0.39, 0.29) is 0 Å². The van der Waals surface area contributed by atoms with E-state index >= 15 is 0 Å². The Balaban J connectivity index is 2.04. The fourth-order valence-electron chi connectivity index (χ4n) is 1.58. The molecule has 0 spiro atoms. The van der Waals surface area contributed by atoms with Gasteiger partial charge in [-0.25, -0.2) is 0 Å². The molecule has 2 aromatic rings. The van der Waals surface area contributed by atoms with Gasteiger partial charge in [-0.2, -0.15) is 0 Å². The molecule has 2 nitrogen and oxygen atoms in total. The summed E-state index contributed by atoms with van der Waals surface area (Å²) in [5.41, 5.74) is 7.47. The third-order valence-corrected chi connectivity index (χ3v) is 3.13. The molecule has 0 unspecified atom stereocenters. The highest BCUT2D eigenvalue weighted by Gasteiger charge is 2.02. The van der Waals surface area contributed by atoms with Gasteiger partial charge in [0, 0.05) is 16.6 Å². The molecule has 0 radical (unpaired) electrons. The van der Waals surface area contributed by atoms with Crippen LogP contribution in [0.3, 0.4) is 0 Å². The molecule has 0 saturated heterocycles. The summed E-state index contributed by atoms with van der Waals surface area (Å²) in [5, 5.41) is 1.33. The highest BCUT2D eigenvalue weighted by atomic mass is 35.5. The summed E-state index contributed by atoms with van der Waals surface area (Å²) in [6, 6.07) is 13.1. The van der Waals surface area contributed by atoms with Crippen LogP contribution in [0, 0.1) is 0 Å². The quantitative estimate of drug-likeness (QED) is 0.918. The van der Waals surface area contributed by atoms with Crippen LogP contribution in [0.15, 0.2) is 42.5 Å². The number of halogens is 2. The van der Waals surface area contributed by atoms with Crippen molar-refractivity contribution in [2.75, 3.05) is 0 Å². The maximum absolute atomic E-state index is 6.06. The highest BCUT2D eigenvalue weighted by molar-refractivity contribution is 6.31. The van der Waals surface area contributed by atoms with E-state index in [1.165, 1.54) is 0 Å². The number of benzene rings is 2. The van der Waals surface area contributed by atoms with Gasteiger partial charge in [0.2, 0.25) is 0 Å². The predicted molar refractivity (Wildman–Crippen MR) is 75.1 cm³/mol. The average Bonchev–Trinajstić information content (AvgIpc) is 2.37. The van der Waals surface area contributed by atoms with Crippen LogP contribution in [0.25, 0.3) is 0 Å².